The molecule has 3 N–H and O–H groups in total. The third kappa shape index (κ3) is 5.81. The van der Waals surface area contributed by atoms with Gasteiger partial charge in [0.2, 0.25) is 0 Å². The second kappa shape index (κ2) is 11.5. The number of anilines is 1. The Bertz CT molecular complexity index is 1470. The number of rotatable bonds is 9. The van der Waals surface area contributed by atoms with E-state index in [-0.39, 0.29) is 11.5 Å². The van der Waals surface area contributed by atoms with E-state index in [2.05, 4.69) is 5.43 Å². The number of hydrogen-bond donors (Lipinski definition) is 2. The van der Waals surface area contributed by atoms with Crippen molar-refractivity contribution in [2.24, 2.45) is 5.73 Å². The smallest absolute Gasteiger partial charge is 0.280 e. The highest BCUT2D eigenvalue weighted by Crippen LogP contribution is 2.27. The average Bonchev–Trinajstić information content (AvgIpc) is 2.88. The van der Waals surface area contributed by atoms with Crippen molar-refractivity contribution >= 4 is 34.1 Å². The van der Waals surface area contributed by atoms with Gasteiger partial charge in [0, 0.05) is 17.1 Å². The molecular formula is C28H29ClFN5O2. The average molecular weight is 522 g/mol. The first-order chi connectivity index (χ1) is 17.8. The quantitative estimate of drug-likeness (QED) is 0.311. The molecule has 0 saturated carbocycles. The molecule has 1 amide bonds. The van der Waals surface area contributed by atoms with E-state index in [1.165, 1.54) is 16.8 Å². The lowest BCUT2D eigenvalue weighted by Crippen LogP contribution is -2.41. The van der Waals surface area contributed by atoms with Crippen LogP contribution < -0.4 is 16.7 Å². The van der Waals surface area contributed by atoms with Crippen LogP contribution in [0.1, 0.15) is 47.6 Å². The molecule has 1 aromatic heterocycles. The van der Waals surface area contributed by atoms with Crippen LogP contribution in [0, 0.1) is 12.7 Å². The number of nitrogens with zero attached hydrogens (tertiary/aromatic N) is 3. The Balaban J connectivity index is 1.90. The zero-order valence-corrected chi connectivity index (χ0v) is 21.5. The number of amides is 1. The van der Waals surface area contributed by atoms with Gasteiger partial charge in [-0.15, -0.1) is 0 Å². The lowest BCUT2D eigenvalue weighted by atomic mass is 10.1. The van der Waals surface area contributed by atoms with Crippen LogP contribution in [0.3, 0.4) is 0 Å². The van der Waals surface area contributed by atoms with E-state index in [9.17, 15) is 14.0 Å². The van der Waals surface area contributed by atoms with Gasteiger partial charge in [-0.25, -0.2) is 14.1 Å². The first-order valence-electron chi connectivity index (χ1n) is 12.1. The molecule has 0 radical (unpaired) electrons. The molecule has 0 aliphatic rings. The molecule has 7 nitrogen and oxygen atoms in total. The van der Waals surface area contributed by atoms with Gasteiger partial charge >= 0.3 is 0 Å². The SMILES string of the molecule is CCC(c1nc2cc(Cl)ccc2c(=O)n1Nc1cccc(F)c1)N(CCCN)C(=O)c1ccc(C)cc1. The zero-order chi connectivity index (χ0) is 26.5. The number of carbonyl (C=O) groups excluding carboxylic acids is 1. The summed E-state index contributed by atoms with van der Waals surface area (Å²) >= 11 is 6.21. The minimum absolute atomic E-state index is 0.196. The summed E-state index contributed by atoms with van der Waals surface area (Å²) in [5, 5.41) is 0.773. The third-order valence-corrected chi connectivity index (χ3v) is 6.38. The summed E-state index contributed by atoms with van der Waals surface area (Å²) in [6.45, 7) is 4.63. The van der Waals surface area contributed by atoms with Crippen LogP contribution in [-0.4, -0.2) is 33.6 Å². The first kappa shape index (κ1) is 26.3. The van der Waals surface area contributed by atoms with Crippen molar-refractivity contribution in [1.29, 1.82) is 0 Å². The summed E-state index contributed by atoms with van der Waals surface area (Å²) in [5.74, 6) is -0.339. The summed E-state index contributed by atoms with van der Waals surface area (Å²) in [6.07, 6.45) is 1.03. The molecule has 0 aliphatic carbocycles. The number of benzene rings is 3. The van der Waals surface area contributed by atoms with Crippen LogP contribution in [0.4, 0.5) is 10.1 Å². The molecule has 0 saturated heterocycles. The molecule has 1 unspecified atom stereocenters. The summed E-state index contributed by atoms with van der Waals surface area (Å²) in [5.41, 5.74) is 10.8. The van der Waals surface area contributed by atoms with E-state index in [0.29, 0.717) is 58.9 Å². The van der Waals surface area contributed by atoms with Crippen molar-refractivity contribution in [1.82, 2.24) is 14.6 Å². The lowest BCUT2D eigenvalue weighted by Gasteiger charge is -2.32. The molecule has 3 aromatic carbocycles. The van der Waals surface area contributed by atoms with E-state index in [1.807, 2.05) is 26.0 Å². The highest BCUT2D eigenvalue weighted by Gasteiger charge is 2.29. The lowest BCUT2D eigenvalue weighted by molar-refractivity contribution is 0.0657. The van der Waals surface area contributed by atoms with E-state index in [1.54, 1.807) is 47.4 Å². The van der Waals surface area contributed by atoms with Crippen LogP contribution in [-0.2, 0) is 0 Å². The van der Waals surface area contributed by atoms with Crippen LogP contribution in [0.5, 0.6) is 0 Å². The molecule has 0 spiro atoms. The maximum atomic E-state index is 14.0. The maximum absolute atomic E-state index is 14.0. The summed E-state index contributed by atoms with van der Waals surface area (Å²) in [7, 11) is 0. The summed E-state index contributed by atoms with van der Waals surface area (Å²) < 4.78 is 15.2. The Morgan fingerprint density at radius 3 is 2.59 bits per heavy atom. The van der Waals surface area contributed by atoms with Gasteiger partial charge in [0.05, 0.1) is 22.6 Å². The molecule has 192 valence electrons. The predicted octanol–water partition coefficient (Wildman–Crippen LogP) is 5.31. The molecule has 1 heterocycles. The molecule has 0 aliphatic heterocycles. The number of carbonyl (C=O) groups is 1. The maximum Gasteiger partial charge on any atom is 0.280 e. The monoisotopic (exact) mass is 521 g/mol. The first-order valence-corrected chi connectivity index (χ1v) is 12.5. The van der Waals surface area contributed by atoms with E-state index in [0.717, 1.165) is 5.56 Å². The van der Waals surface area contributed by atoms with Gasteiger partial charge in [0.25, 0.3) is 11.5 Å². The number of nitrogens with one attached hydrogen (secondary N) is 1. The van der Waals surface area contributed by atoms with Crippen molar-refractivity contribution in [2.75, 3.05) is 18.5 Å². The van der Waals surface area contributed by atoms with Crippen molar-refractivity contribution in [3.63, 3.8) is 0 Å². The van der Waals surface area contributed by atoms with Crippen LogP contribution >= 0.6 is 11.6 Å². The Hall–Kier alpha value is -3.75. The molecule has 9 heteroatoms. The van der Waals surface area contributed by atoms with Gasteiger partial charge in [-0.3, -0.25) is 15.0 Å². The fourth-order valence-electron chi connectivity index (χ4n) is 4.26. The minimum Gasteiger partial charge on any atom is -0.330 e. The molecule has 0 fully saturated rings. The van der Waals surface area contributed by atoms with Crippen LogP contribution in [0.15, 0.2) is 71.5 Å². The topological polar surface area (TPSA) is 93.2 Å². The van der Waals surface area contributed by atoms with Crippen molar-refractivity contribution in [3.05, 3.63) is 105 Å². The second-order valence-electron chi connectivity index (χ2n) is 8.83. The highest BCUT2D eigenvalue weighted by molar-refractivity contribution is 6.31. The van der Waals surface area contributed by atoms with Gasteiger partial charge in [-0.05, 0) is 74.8 Å². The molecule has 4 aromatic rings. The zero-order valence-electron chi connectivity index (χ0n) is 20.7. The normalized spacial score (nSPS) is 11.9. The van der Waals surface area contributed by atoms with Crippen LogP contribution in [0.25, 0.3) is 10.9 Å². The van der Waals surface area contributed by atoms with E-state index < -0.39 is 11.9 Å². The Morgan fingerprint density at radius 1 is 1.16 bits per heavy atom. The number of aryl methyl sites for hydroxylation is 1. The van der Waals surface area contributed by atoms with Crippen molar-refractivity contribution < 1.29 is 9.18 Å². The number of nitrogens with two attached hydrogens (primary N) is 1. The largest absolute Gasteiger partial charge is 0.330 e. The van der Waals surface area contributed by atoms with E-state index >= 15 is 0 Å². The van der Waals surface area contributed by atoms with Crippen LogP contribution in [0.2, 0.25) is 5.02 Å². The molecular weight excluding hydrogens is 493 g/mol. The molecule has 37 heavy (non-hydrogen) atoms. The van der Waals surface area contributed by atoms with Crippen molar-refractivity contribution in [3.8, 4) is 0 Å². The third-order valence-electron chi connectivity index (χ3n) is 6.15. The molecule has 1 atom stereocenters. The fraction of sp³-hybridized carbons (Fsp3) is 0.250. The van der Waals surface area contributed by atoms with Gasteiger partial charge in [0.1, 0.15) is 5.82 Å². The summed E-state index contributed by atoms with van der Waals surface area (Å²) in [6, 6.07) is 17.4. The Kier molecular flexibility index (Phi) is 8.21. The minimum atomic E-state index is -0.586. The second-order valence-corrected chi connectivity index (χ2v) is 9.26. The Labute approximate surface area is 219 Å². The number of halogens is 2. The van der Waals surface area contributed by atoms with Gasteiger partial charge in [0.15, 0.2) is 5.82 Å². The van der Waals surface area contributed by atoms with Gasteiger partial charge in [-0.1, -0.05) is 42.3 Å². The molecule has 4 rings (SSSR count). The molecule has 0 bridgehead atoms. The number of hydrogen-bond acceptors (Lipinski definition) is 5. The van der Waals surface area contributed by atoms with E-state index in [4.69, 9.17) is 22.3 Å². The van der Waals surface area contributed by atoms with Gasteiger partial charge < -0.3 is 10.6 Å². The predicted molar refractivity (Wildman–Crippen MR) is 145 cm³/mol. The van der Waals surface area contributed by atoms with Gasteiger partial charge in [-0.2, -0.15) is 0 Å². The number of aromatic nitrogens is 2. The van der Waals surface area contributed by atoms with Crippen molar-refractivity contribution in [2.45, 2.75) is 32.7 Å². The fourth-order valence-corrected chi connectivity index (χ4v) is 4.43. The standard InChI is InChI=1S/C28H29ClFN5O2/c1-3-25(34(15-5-14-31)27(36)19-10-8-18(2)9-11-19)26-32-24-16-20(29)12-13-23(24)28(37)35(26)33-22-7-4-6-21(30)17-22/h4,6-13,16-17,25,33H,3,5,14-15,31H2,1-2H3. The number of fused-ring (bicyclic) bond motifs is 1. The summed E-state index contributed by atoms with van der Waals surface area (Å²) in [4.78, 5) is 33.9. The Morgan fingerprint density at radius 2 is 1.92 bits per heavy atom. The highest BCUT2D eigenvalue weighted by atomic mass is 35.5.